The molecule has 7 heteroatoms. The van der Waals surface area contributed by atoms with Crippen molar-refractivity contribution < 1.29 is 14.0 Å². The summed E-state index contributed by atoms with van der Waals surface area (Å²) in [5, 5.41) is 2.01. The van der Waals surface area contributed by atoms with Gasteiger partial charge in [0.05, 0.1) is 6.54 Å². The Bertz CT molecular complexity index is 774. The predicted molar refractivity (Wildman–Crippen MR) is 109 cm³/mol. The van der Waals surface area contributed by atoms with Crippen molar-refractivity contribution in [2.24, 2.45) is 11.8 Å². The minimum atomic E-state index is -0.788. The summed E-state index contributed by atoms with van der Waals surface area (Å²) in [6, 6.07) is 9.22. The second-order valence-corrected chi connectivity index (χ2v) is 8.05. The molecule has 0 saturated carbocycles. The topological polar surface area (TPSA) is 75.4 Å². The van der Waals surface area contributed by atoms with E-state index < -0.39 is 5.38 Å². The first-order valence-corrected chi connectivity index (χ1v) is 9.92. The largest absolute Gasteiger partial charge is 0.446 e. The van der Waals surface area contributed by atoms with Crippen LogP contribution < -0.4 is 5.32 Å². The Kier molecular flexibility index (Phi) is 8.05. The average Bonchev–Trinajstić information content (AvgIpc) is 3.13. The molecule has 0 bridgehead atoms. The molecule has 6 nitrogen and oxygen atoms in total. The number of aromatic nitrogens is 1. The number of oxazole rings is 1. The van der Waals surface area contributed by atoms with E-state index in [1.807, 2.05) is 58.0 Å². The summed E-state index contributed by atoms with van der Waals surface area (Å²) in [4.78, 5) is 30.9. The first-order valence-electron chi connectivity index (χ1n) is 9.48. The molecule has 28 heavy (non-hydrogen) atoms. The molecule has 0 aliphatic carbocycles. The summed E-state index contributed by atoms with van der Waals surface area (Å²) in [5.74, 6) is 0.386. The van der Waals surface area contributed by atoms with Gasteiger partial charge >= 0.3 is 0 Å². The standard InChI is InChI=1S/C21H28ClN3O3/c1-14(2)10-23-20(26)17-13-28-18(24-17)12-25(11-15(3)4)21(27)19(22)16-8-6-5-7-9-16/h5-9,13-15,19H,10-12H2,1-4H3,(H,23,26). The van der Waals surface area contributed by atoms with Crippen LogP contribution in [0.15, 0.2) is 41.0 Å². The van der Waals surface area contributed by atoms with Gasteiger partial charge in [0.25, 0.3) is 5.91 Å². The van der Waals surface area contributed by atoms with Crippen molar-refractivity contribution in [1.82, 2.24) is 15.2 Å². The van der Waals surface area contributed by atoms with Gasteiger partial charge in [0.15, 0.2) is 5.69 Å². The summed E-state index contributed by atoms with van der Waals surface area (Å²) in [6.45, 7) is 9.29. The minimum Gasteiger partial charge on any atom is -0.446 e. The molecule has 1 aromatic carbocycles. The number of nitrogens with one attached hydrogen (secondary N) is 1. The molecule has 1 aromatic heterocycles. The zero-order valence-corrected chi connectivity index (χ0v) is 17.6. The van der Waals surface area contributed by atoms with Crippen molar-refractivity contribution in [3.8, 4) is 0 Å². The van der Waals surface area contributed by atoms with Crippen LogP contribution in [0.25, 0.3) is 0 Å². The zero-order valence-electron chi connectivity index (χ0n) is 16.8. The van der Waals surface area contributed by atoms with Crippen LogP contribution in [0.5, 0.6) is 0 Å². The van der Waals surface area contributed by atoms with E-state index >= 15 is 0 Å². The lowest BCUT2D eigenvalue weighted by molar-refractivity contribution is -0.132. The third kappa shape index (κ3) is 6.37. The number of hydrogen-bond donors (Lipinski definition) is 1. The van der Waals surface area contributed by atoms with Crippen molar-refractivity contribution in [2.75, 3.05) is 13.1 Å². The highest BCUT2D eigenvalue weighted by Gasteiger charge is 2.26. The number of nitrogens with zero attached hydrogens (tertiary/aromatic N) is 2. The highest BCUT2D eigenvalue weighted by atomic mass is 35.5. The highest BCUT2D eigenvalue weighted by molar-refractivity contribution is 6.30. The fraction of sp³-hybridized carbons (Fsp3) is 0.476. The van der Waals surface area contributed by atoms with Gasteiger partial charge in [-0.05, 0) is 17.4 Å². The van der Waals surface area contributed by atoms with Crippen LogP contribution in [0.1, 0.15) is 55.0 Å². The molecule has 1 heterocycles. The Morgan fingerprint density at radius 3 is 2.43 bits per heavy atom. The number of halogens is 1. The van der Waals surface area contributed by atoms with Gasteiger partial charge in [0.1, 0.15) is 11.6 Å². The SMILES string of the molecule is CC(C)CNC(=O)c1coc(CN(CC(C)C)C(=O)C(Cl)c2ccccc2)n1. The quantitative estimate of drug-likeness (QED) is 0.639. The van der Waals surface area contributed by atoms with Crippen LogP contribution in [0.3, 0.4) is 0 Å². The third-order valence-electron chi connectivity index (χ3n) is 3.99. The lowest BCUT2D eigenvalue weighted by Gasteiger charge is -2.25. The molecule has 0 aliphatic heterocycles. The molecular formula is C21H28ClN3O3. The Hall–Kier alpha value is -2.34. The Morgan fingerprint density at radius 2 is 1.82 bits per heavy atom. The predicted octanol–water partition coefficient (Wildman–Crippen LogP) is 4.03. The van der Waals surface area contributed by atoms with Crippen LogP contribution in [-0.4, -0.2) is 34.8 Å². The number of amides is 2. The van der Waals surface area contributed by atoms with Crippen molar-refractivity contribution in [3.05, 3.63) is 53.7 Å². The van der Waals surface area contributed by atoms with Crippen LogP contribution in [0.2, 0.25) is 0 Å². The van der Waals surface area contributed by atoms with E-state index in [1.165, 1.54) is 6.26 Å². The van der Waals surface area contributed by atoms with E-state index in [0.717, 1.165) is 5.56 Å². The van der Waals surface area contributed by atoms with E-state index in [4.69, 9.17) is 16.0 Å². The molecule has 2 amide bonds. The molecule has 0 saturated heterocycles. The second-order valence-electron chi connectivity index (χ2n) is 7.62. The molecule has 0 spiro atoms. The van der Waals surface area contributed by atoms with Crippen molar-refractivity contribution in [1.29, 1.82) is 0 Å². The van der Waals surface area contributed by atoms with Gasteiger partial charge in [0, 0.05) is 13.1 Å². The van der Waals surface area contributed by atoms with Gasteiger partial charge in [-0.25, -0.2) is 4.98 Å². The molecule has 1 N–H and O–H groups in total. The van der Waals surface area contributed by atoms with Crippen LogP contribution in [0, 0.1) is 11.8 Å². The fourth-order valence-electron chi connectivity index (χ4n) is 2.64. The van der Waals surface area contributed by atoms with E-state index in [-0.39, 0.29) is 30.0 Å². The maximum atomic E-state index is 12.9. The van der Waals surface area contributed by atoms with Gasteiger partial charge in [-0.1, -0.05) is 58.0 Å². The Labute approximate surface area is 171 Å². The number of carbonyl (C=O) groups is 2. The number of benzene rings is 1. The first kappa shape index (κ1) is 22.0. The molecular weight excluding hydrogens is 378 g/mol. The maximum absolute atomic E-state index is 12.9. The van der Waals surface area contributed by atoms with E-state index in [9.17, 15) is 9.59 Å². The smallest absolute Gasteiger partial charge is 0.273 e. The van der Waals surface area contributed by atoms with Gasteiger partial charge in [-0.15, -0.1) is 11.6 Å². The Morgan fingerprint density at radius 1 is 1.14 bits per heavy atom. The number of alkyl halides is 1. The summed E-state index contributed by atoms with van der Waals surface area (Å²) in [5.41, 5.74) is 0.946. The van der Waals surface area contributed by atoms with Crippen molar-refractivity contribution in [3.63, 3.8) is 0 Å². The van der Waals surface area contributed by atoms with Gasteiger partial charge in [-0.3, -0.25) is 9.59 Å². The van der Waals surface area contributed by atoms with E-state index in [0.29, 0.717) is 24.9 Å². The number of hydrogen-bond acceptors (Lipinski definition) is 4. The first-order chi connectivity index (χ1) is 13.3. The van der Waals surface area contributed by atoms with Gasteiger partial charge in [0.2, 0.25) is 11.8 Å². The zero-order chi connectivity index (χ0) is 20.7. The normalized spacial score (nSPS) is 12.2. The molecule has 2 aromatic rings. The monoisotopic (exact) mass is 405 g/mol. The lowest BCUT2D eigenvalue weighted by Crippen LogP contribution is -2.36. The number of rotatable bonds is 9. The molecule has 0 radical (unpaired) electrons. The van der Waals surface area contributed by atoms with Gasteiger partial charge < -0.3 is 14.6 Å². The second kappa shape index (κ2) is 10.3. The molecule has 1 atom stereocenters. The molecule has 2 rings (SSSR count). The molecule has 0 fully saturated rings. The molecule has 0 aliphatic rings. The van der Waals surface area contributed by atoms with E-state index in [2.05, 4.69) is 10.3 Å². The van der Waals surface area contributed by atoms with Crippen LogP contribution in [0.4, 0.5) is 0 Å². The molecule has 152 valence electrons. The van der Waals surface area contributed by atoms with E-state index in [1.54, 1.807) is 4.90 Å². The third-order valence-corrected chi connectivity index (χ3v) is 4.43. The summed E-state index contributed by atoms with van der Waals surface area (Å²) >= 11 is 6.42. The maximum Gasteiger partial charge on any atom is 0.273 e. The Balaban J connectivity index is 2.10. The fourth-order valence-corrected chi connectivity index (χ4v) is 2.92. The van der Waals surface area contributed by atoms with Crippen LogP contribution in [-0.2, 0) is 11.3 Å². The summed E-state index contributed by atoms with van der Waals surface area (Å²) in [6.07, 6.45) is 1.32. The number of carbonyl (C=O) groups excluding carboxylic acids is 2. The lowest BCUT2D eigenvalue weighted by atomic mass is 10.1. The average molecular weight is 406 g/mol. The molecule has 1 unspecified atom stereocenters. The van der Waals surface area contributed by atoms with Crippen LogP contribution >= 0.6 is 11.6 Å². The van der Waals surface area contributed by atoms with Crippen molar-refractivity contribution >= 4 is 23.4 Å². The van der Waals surface area contributed by atoms with Crippen molar-refractivity contribution in [2.45, 2.75) is 39.6 Å². The summed E-state index contributed by atoms with van der Waals surface area (Å²) in [7, 11) is 0. The summed E-state index contributed by atoms with van der Waals surface area (Å²) < 4.78 is 5.43. The highest BCUT2D eigenvalue weighted by Crippen LogP contribution is 2.24. The minimum absolute atomic E-state index is 0.157. The van der Waals surface area contributed by atoms with Gasteiger partial charge in [-0.2, -0.15) is 0 Å².